The summed E-state index contributed by atoms with van der Waals surface area (Å²) in [5.74, 6) is 3.03. The van der Waals surface area contributed by atoms with Gasteiger partial charge in [-0.25, -0.2) is 9.97 Å². The van der Waals surface area contributed by atoms with E-state index in [0.29, 0.717) is 48.7 Å². The normalized spacial score (nSPS) is 17.3. The van der Waals surface area contributed by atoms with Crippen LogP contribution in [0.15, 0.2) is 36.5 Å². The molecule has 3 aromatic heterocycles. The lowest BCUT2D eigenvalue weighted by molar-refractivity contribution is -0.130. The quantitative estimate of drug-likeness (QED) is 0.385. The van der Waals surface area contributed by atoms with Crippen molar-refractivity contribution in [3.63, 3.8) is 0 Å². The van der Waals surface area contributed by atoms with Gasteiger partial charge in [0.25, 0.3) is 0 Å². The maximum absolute atomic E-state index is 12.2. The number of fused-ring (bicyclic) bond motifs is 3. The SMILES string of the molecule is Cc1c(-c2cc3cc(Nc4cc5n(n4)CC(=O)N(C)CC5)ncc3c(N)n2)ccc2c1OC[C@H](N)CO2. The lowest BCUT2D eigenvalue weighted by Gasteiger charge is -2.15. The molecule has 0 saturated heterocycles. The van der Waals surface area contributed by atoms with E-state index in [-0.39, 0.29) is 18.5 Å². The molecular weight excluding hydrogens is 472 g/mol. The fraction of sp³-hybridized carbons (Fsp3) is 0.308. The standard InChI is InChI=1S/C26H28N8O3/c1-14-18(3-4-21-25(14)37-13-16(27)12-36-21)20-7-15-8-22(29-10-19(15)26(28)30-20)31-23-9-17-5-6-33(2)24(35)11-34(17)32-23/h3-4,7-10,16H,5-6,11-13,27H2,1-2H3,(H2,28,30)(H,29,31,32)/t16-/m1/s1. The van der Waals surface area contributed by atoms with E-state index in [1.807, 2.05) is 44.3 Å². The van der Waals surface area contributed by atoms with E-state index in [0.717, 1.165) is 39.7 Å². The summed E-state index contributed by atoms with van der Waals surface area (Å²) in [6.45, 7) is 3.65. The van der Waals surface area contributed by atoms with Gasteiger partial charge in [-0.15, -0.1) is 0 Å². The molecule has 1 atom stereocenters. The molecule has 0 saturated carbocycles. The first-order valence-corrected chi connectivity index (χ1v) is 12.1. The first-order valence-electron chi connectivity index (χ1n) is 12.1. The molecule has 5 N–H and O–H groups in total. The zero-order chi connectivity index (χ0) is 25.7. The van der Waals surface area contributed by atoms with Crippen molar-refractivity contribution >= 4 is 34.1 Å². The van der Waals surface area contributed by atoms with Gasteiger partial charge in [-0.3, -0.25) is 9.48 Å². The van der Waals surface area contributed by atoms with Crippen molar-refractivity contribution in [1.29, 1.82) is 0 Å². The second-order valence-electron chi connectivity index (χ2n) is 9.50. The van der Waals surface area contributed by atoms with E-state index in [1.165, 1.54) is 0 Å². The molecule has 0 bridgehead atoms. The van der Waals surface area contributed by atoms with Crippen LogP contribution in [0.1, 0.15) is 11.3 Å². The van der Waals surface area contributed by atoms with E-state index in [1.54, 1.807) is 15.8 Å². The second kappa shape index (κ2) is 8.93. The molecule has 5 heterocycles. The third kappa shape index (κ3) is 4.27. The van der Waals surface area contributed by atoms with Crippen LogP contribution in [0.3, 0.4) is 0 Å². The van der Waals surface area contributed by atoms with Gasteiger partial charge in [0.15, 0.2) is 17.3 Å². The van der Waals surface area contributed by atoms with Gasteiger partial charge in [-0.2, -0.15) is 5.10 Å². The summed E-state index contributed by atoms with van der Waals surface area (Å²) in [7, 11) is 1.81. The van der Waals surface area contributed by atoms with Gasteiger partial charge in [0.1, 0.15) is 31.4 Å². The Morgan fingerprint density at radius 2 is 1.97 bits per heavy atom. The largest absolute Gasteiger partial charge is 0.488 e. The van der Waals surface area contributed by atoms with Crippen LogP contribution in [-0.4, -0.2) is 63.4 Å². The molecule has 2 aliphatic rings. The summed E-state index contributed by atoms with van der Waals surface area (Å²) in [6.07, 6.45) is 2.44. The van der Waals surface area contributed by atoms with E-state index in [9.17, 15) is 4.79 Å². The van der Waals surface area contributed by atoms with Gasteiger partial charge < -0.3 is 31.2 Å². The van der Waals surface area contributed by atoms with Gasteiger partial charge in [0.05, 0.1) is 11.7 Å². The molecule has 0 fully saturated rings. The van der Waals surface area contributed by atoms with Gasteiger partial charge in [0.2, 0.25) is 5.91 Å². The molecule has 1 amide bonds. The maximum Gasteiger partial charge on any atom is 0.244 e. The number of hydrogen-bond donors (Lipinski definition) is 3. The summed E-state index contributed by atoms with van der Waals surface area (Å²) in [4.78, 5) is 23.1. The number of anilines is 3. The predicted molar refractivity (Wildman–Crippen MR) is 140 cm³/mol. The minimum absolute atomic E-state index is 0.0423. The summed E-state index contributed by atoms with van der Waals surface area (Å²) in [5.41, 5.74) is 15.9. The lowest BCUT2D eigenvalue weighted by Crippen LogP contribution is -2.32. The molecule has 190 valence electrons. The number of amides is 1. The van der Waals surface area contributed by atoms with Crippen LogP contribution in [0, 0.1) is 6.92 Å². The number of nitrogens with one attached hydrogen (secondary N) is 1. The van der Waals surface area contributed by atoms with Crippen LogP contribution in [0.2, 0.25) is 0 Å². The van der Waals surface area contributed by atoms with Gasteiger partial charge in [-0.05, 0) is 36.6 Å². The fourth-order valence-corrected chi connectivity index (χ4v) is 4.69. The van der Waals surface area contributed by atoms with E-state index in [2.05, 4.69) is 20.4 Å². The van der Waals surface area contributed by atoms with Crippen molar-refractivity contribution in [2.45, 2.75) is 25.9 Å². The average Bonchev–Trinajstić information content (AvgIpc) is 3.05. The molecule has 0 unspecified atom stereocenters. The van der Waals surface area contributed by atoms with Crippen molar-refractivity contribution in [3.05, 3.63) is 47.8 Å². The molecule has 0 radical (unpaired) electrons. The van der Waals surface area contributed by atoms with Crippen molar-refractivity contribution in [2.75, 3.05) is 37.9 Å². The molecule has 2 aliphatic heterocycles. The van der Waals surface area contributed by atoms with Crippen LogP contribution in [0.5, 0.6) is 11.5 Å². The smallest absolute Gasteiger partial charge is 0.244 e. The van der Waals surface area contributed by atoms with Crippen LogP contribution < -0.4 is 26.3 Å². The van der Waals surface area contributed by atoms with E-state index >= 15 is 0 Å². The Morgan fingerprint density at radius 3 is 2.84 bits per heavy atom. The molecule has 1 aromatic carbocycles. The first kappa shape index (κ1) is 23.0. The number of aromatic nitrogens is 4. The molecule has 11 heteroatoms. The number of pyridine rings is 2. The zero-order valence-electron chi connectivity index (χ0n) is 20.7. The highest BCUT2D eigenvalue weighted by Crippen LogP contribution is 2.39. The maximum atomic E-state index is 12.2. The Labute approximate surface area is 213 Å². The van der Waals surface area contributed by atoms with Crippen LogP contribution in [0.4, 0.5) is 17.5 Å². The highest BCUT2D eigenvalue weighted by atomic mass is 16.5. The lowest BCUT2D eigenvalue weighted by atomic mass is 10.0. The highest BCUT2D eigenvalue weighted by molar-refractivity contribution is 5.95. The van der Waals surface area contributed by atoms with Gasteiger partial charge in [-0.1, -0.05) is 0 Å². The monoisotopic (exact) mass is 500 g/mol. The summed E-state index contributed by atoms with van der Waals surface area (Å²) < 4.78 is 13.5. The number of rotatable bonds is 3. The Balaban J connectivity index is 1.32. The minimum Gasteiger partial charge on any atom is -0.488 e. The third-order valence-corrected chi connectivity index (χ3v) is 6.82. The summed E-state index contributed by atoms with van der Waals surface area (Å²) in [6, 6.07) is 9.50. The molecule has 0 spiro atoms. The summed E-state index contributed by atoms with van der Waals surface area (Å²) in [5, 5.41) is 9.46. The predicted octanol–water partition coefficient (Wildman–Crippen LogP) is 2.24. The molecule has 6 rings (SSSR count). The molecular formula is C26H28N8O3. The second-order valence-corrected chi connectivity index (χ2v) is 9.50. The van der Waals surface area contributed by atoms with Crippen LogP contribution >= 0.6 is 0 Å². The summed E-state index contributed by atoms with van der Waals surface area (Å²) >= 11 is 0. The average molecular weight is 501 g/mol. The number of nitrogens with zero attached hydrogens (tertiary/aromatic N) is 5. The van der Waals surface area contributed by atoms with Gasteiger partial charge >= 0.3 is 0 Å². The van der Waals surface area contributed by atoms with Crippen molar-refractivity contribution < 1.29 is 14.3 Å². The molecule has 4 aromatic rings. The van der Waals surface area contributed by atoms with E-state index in [4.69, 9.17) is 20.9 Å². The Hall–Kier alpha value is -4.38. The number of benzene rings is 1. The molecule has 0 aliphatic carbocycles. The Morgan fingerprint density at radius 1 is 1.14 bits per heavy atom. The minimum atomic E-state index is -0.185. The molecule has 11 nitrogen and oxygen atoms in total. The van der Waals surface area contributed by atoms with Crippen LogP contribution in [0.25, 0.3) is 22.0 Å². The number of hydrogen-bond acceptors (Lipinski definition) is 9. The molecule has 37 heavy (non-hydrogen) atoms. The van der Waals surface area contributed by atoms with Crippen molar-refractivity contribution in [3.8, 4) is 22.8 Å². The fourth-order valence-electron chi connectivity index (χ4n) is 4.69. The third-order valence-electron chi connectivity index (χ3n) is 6.82. The first-order chi connectivity index (χ1) is 17.9. The van der Waals surface area contributed by atoms with Crippen LogP contribution in [-0.2, 0) is 17.8 Å². The van der Waals surface area contributed by atoms with Crippen molar-refractivity contribution in [1.82, 2.24) is 24.6 Å². The van der Waals surface area contributed by atoms with Gasteiger partial charge in [0, 0.05) is 54.5 Å². The number of ether oxygens (including phenoxy) is 2. The zero-order valence-corrected chi connectivity index (χ0v) is 20.7. The highest BCUT2D eigenvalue weighted by Gasteiger charge is 2.21. The number of nitrogens with two attached hydrogens (primary N) is 2. The van der Waals surface area contributed by atoms with E-state index < -0.39 is 0 Å². The van der Waals surface area contributed by atoms with Crippen molar-refractivity contribution in [2.24, 2.45) is 5.73 Å². The number of carbonyl (C=O) groups is 1. The topological polar surface area (TPSA) is 146 Å². The number of likely N-dealkylation sites (N-methyl/N-ethyl adjacent to an activating group) is 1. The number of nitrogen functional groups attached to an aromatic ring is 1. The Kier molecular flexibility index (Phi) is 5.56. The Bertz CT molecular complexity index is 1530. The number of carbonyl (C=O) groups excluding carboxylic acids is 1.